The zero-order valence-corrected chi connectivity index (χ0v) is 20.6. The van der Waals surface area contributed by atoms with Crippen LogP contribution >= 0.6 is 0 Å². The molecule has 1 aromatic heterocycles. The van der Waals surface area contributed by atoms with Crippen molar-refractivity contribution in [3.8, 4) is 22.9 Å². The summed E-state index contributed by atoms with van der Waals surface area (Å²) in [6.07, 6.45) is 1.34. The minimum atomic E-state index is -0.142. The smallest absolute Gasteiger partial charge is 0.227 e. The molecule has 2 aliphatic heterocycles. The van der Waals surface area contributed by atoms with Crippen molar-refractivity contribution >= 4 is 17.4 Å². The van der Waals surface area contributed by atoms with Crippen molar-refractivity contribution in [1.82, 2.24) is 9.47 Å². The Balaban J connectivity index is 1.21. The molecule has 8 nitrogen and oxygen atoms in total. The highest BCUT2D eigenvalue weighted by molar-refractivity contribution is 5.99. The molecule has 1 saturated heterocycles. The van der Waals surface area contributed by atoms with E-state index < -0.39 is 0 Å². The Morgan fingerprint density at radius 3 is 2.47 bits per heavy atom. The number of carbonyl (C=O) groups excluding carboxylic acids is 2. The number of ether oxygens (including phenoxy) is 2. The molecule has 5 rings (SSSR count). The molecule has 1 amide bonds. The van der Waals surface area contributed by atoms with Crippen LogP contribution in [0.2, 0.25) is 0 Å². The number of aryl methyl sites for hydroxylation is 1. The molecule has 2 aliphatic rings. The summed E-state index contributed by atoms with van der Waals surface area (Å²) in [7, 11) is 0. The van der Waals surface area contributed by atoms with Gasteiger partial charge in [-0.05, 0) is 70.1 Å². The minimum absolute atomic E-state index is 0.0581. The number of para-hydroxylation sites is 2. The second kappa shape index (κ2) is 10.1. The van der Waals surface area contributed by atoms with E-state index in [0.717, 1.165) is 22.8 Å². The number of anilines is 1. The molecule has 0 spiro atoms. The van der Waals surface area contributed by atoms with Crippen LogP contribution in [-0.2, 0) is 4.79 Å². The number of carbonyl (C=O) groups is 2. The largest absolute Gasteiger partial charge is 0.506 e. The Kier molecular flexibility index (Phi) is 6.69. The van der Waals surface area contributed by atoms with Gasteiger partial charge in [-0.25, -0.2) is 0 Å². The van der Waals surface area contributed by atoms with E-state index in [4.69, 9.17) is 9.47 Å². The average Bonchev–Trinajstić information content (AvgIpc) is 3.19. The molecule has 188 valence electrons. The first kappa shape index (κ1) is 23.9. The van der Waals surface area contributed by atoms with Crippen molar-refractivity contribution in [3.05, 3.63) is 65.5 Å². The molecule has 0 bridgehead atoms. The first-order valence-corrected chi connectivity index (χ1v) is 12.3. The van der Waals surface area contributed by atoms with E-state index in [2.05, 4.69) is 14.8 Å². The molecule has 0 saturated carbocycles. The van der Waals surface area contributed by atoms with Crippen LogP contribution in [0.25, 0.3) is 5.69 Å². The maximum atomic E-state index is 13.3. The standard InChI is InChI=1S/C28H31N3O5/c1-18-15-22(19(2)31(18)21-7-8-26-27(16-21)36-14-13-35-26)25(33)17-30-11-9-20(10-12-30)28(34)29-23-5-3-4-6-24(23)32/h3-8,15-16,20,32H,9-14,17H2,1-2H3,(H,29,34). The second-order valence-corrected chi connectivity index (χ2v) is 9.43. The van der Waals surface area contributed by atoms with Crippen molar-refractivity contribution in [1.29, 1.82) is 0 Å². The number of likely N-dealkylation sites (tertiary alicyclic amines) is 1. The Bertz CT molecular complexity index is 1290. The highest BCUT2D eigenvalue weighted by Crippen LogP contribution is 2.33. The van der Waals surface area contributed by atoms with Crippen LogP contribution in [0.3, 0.4) is 0 Å². The van der Waals surface area contributed by atoms with Gasteiger partial charge in [-0.3, -0.25) is 14.5 Å². The Labute approximate surface area is 210 Å². The molecule has 0 unspecified atom stereocenters. The van der Waals surface area contributed by atoms with Crippen LogP contribution in [0.1, 0.15) is 34.6 Å². The lowest BCUT2D eigenvalue weighted by Crippen LogP contribution is -2.40. The number of fused-ring (bicyclic) bond motifs is 1. The number of aromatic hydroxyl groups is 1. The fraction of sp³-hybridized carbons (Fsp3) is 0.357. The van der Waals surface area contributed by atoms with Crippen LogP contribution < -0.4 is 14.8 Å². The number of hydrogen-bond donors (Lipinski definition) is 2. The summed E-state index contributed by atoms with van der Waals surface area (Å²) < 4.78 is 13.4. The number of nitrogens with zero attached hydrogens (tertiary/aromatic N) is 2. The molecule has 0 atom stereocenters. The summed E-state index contributed by atoms with van der Waals surface area (Å²) in [5, 5.41) is 12.7. The van der Waals surface area contributed by atoms with Gasteiger partial charge in [-0.15, -0.1) is 0 Å². The zero-order chi connectivity index (χ0) is 25.2. The number of phenols is 1. The third kappa shape index (κ3) is 4.81. The van der Waals surface area contributed by atoms with Crippen LogP contribution in [0.5, 0.6) is 17.2 Å². The predicted molar refractivity (Wildman–Crippen MR) is 136 cm³/mol. The number of nitrogens with one attached hydrogen (secondary N) is 1. The van der Waals surface area contributed by atoms with Gasteiger partial charge in [0.1, 0.15) is 19.0 Å². The van der Waals surface area contributed by atoms with Crippen molar-refractivity contribution in [3.63, 3.8) is 0 Å². The van der Waals surface area contributed by atoms with E-state index in [9.17, 15) is 14.7 Å². The first-order chi connectivity index (χ1) is 17.4. The number of benzene rings is 2. The number of hydrogen-bond acceptors (Lipinski definition) is 6. The molecule has 3 aromatic rings. The Morgan fingerprint density at radius 2 is 1.72 bits per heavy atom. The Morgan fingerprint density at radius 1 is 1.00 bits per heavy atom. The van der Waals surface area contributed by atoms with Crippen molar-refractivity contribution < 1.29 is 24.2 Å². The van der Waals surface area contributed by atoms with E-state index in [1.807, 2.05) is 38.1 Å². The van der Waals surface area contributed by atoms with Gasteiger partial charge in [-0.2, -0.15) is 0 Å². The average molecular weight is 490 g/mol. The number of rotatable bonds is 6. The lowest BCUT2D eigenvalue weighted by molar-refractivity contribution is -0.121. The molecule has 1 fully saturated rings. The predicted octanol–water partition coefficient (Wildman–Crippen LogP) is 4.10. The van der Waals surface area contributed by atoms with Crippen LogP contribution in [0, 0.1) is 19.8 Å². The number of ketones is 1. The van der Waals surface area contributed by atoms with Crippen LogP contribution in [0.4, 0.5) is 5.69 Å². The van der Waals surface area contributed by atoms with Gasteiger partial charge in [0.15, 0.2) is 17.3 Å². The van der Waals surface area contributed by atoms with E-state index in [0.29, 0.717) is 62.7 Å². The third-order valence-electron chi connectivity index (χ3n) is 7.00. The zero-order valence-electron chi connectivity index (χ0n) is 20.6. The van der Waals surface area contributed by atoms with Crippen LogP contribution in [-0.4, -0.2) is 59.1 Å². The highest BCUT2D eigenvalue weighted by atomic mass is 16.6. The SMILES string of the molecule is Cc1cc(C(=O)CN2CCC(C(=O)Nc3ccccc3O)CC2)c(C)n1-c1ccc2c(c1)OCCO2. The topological polar surface area (TPSA) is 93.0 Å². The molecular weight excluding hydrogens is 458 g/mol. The lowest BCUT2D eigenvalue weighted by Gasteiger charge is -2.30. The van der Waals surface area contributed by atoms with E-state index in [-0.39, 0.29) is 23.4 Å². The van der Waals surface area contributed by atoms with Crippen molar-refractivity contribution in [2.45, 2.75) is 26.7 Å². The number of phenolic OH excluding ortho intramolecular Hbond substituents is 1. The van der Waals surface area contributed by atoms with Gasteiger partial charge >= 0.3 is 0 Å². The van der Waals surface area contributed by atoms with Gasteiger partial charge < -0.3 is 24.5 Å². The minimum Gasteiger partial charge on any atom is -0.506 e. The van der Waals surface area contributed by atoms with Gasteiger partial charge in [0, 0.05) is 34.6 Å². The highest BCUT2D eigenvalue weighted by Gasteiger charge is 2.27. The van der Waals surface area contributed by atoms with Gasteiger partial charge in [-0.1, -0.05) is 12.1 Å². The molecule has 2 aromatic carbocycles. The molecular formula is C28H31N3O5. The van der Waals surface area contributed by atoms with Gasteiger partial charge in [0.25, 0.3) is 0 Å². The fourth-order valence-corrected chi connectivity index (χ4v) is 5.07. The summed E-state index contributed by atoms with van der Waals surface area (Å²) in [5.74, 6) is 1.35. The normalized spacial score (nSPS) is 16.1. The molecule has 3 heterocycles. The van der Waals surface area contributed by atoms with E-state index in [1.54, 1.807) is 24.3 Å². The molecule has 0 aliphatic carbocycles. The van der Waals surface area contributed by atoms with Gasteiger partial charge in [0.2, 0.25) is 5.91 Å². The molecule has 2 N–H and O–H groups in total. The molecule has 0 radical (unpaired) electrons. The quantitative estimate of drug-likeness (QED) is 0.400. The molecule has 8 heteroatoms. The number of aromatic nitrogens is 1. The van der Waals surface area contributed by atoms with Crippen LogP contribution in [0.15, 0.2) is 48.5 Å². The second-order valence-electron chi connectivity index (χ2n) is 9.43. The number of piperidine rings is 1. The maximum Gasteiger partial charge on any atom is 0.227 e. The van der Waals surface area contributed by atoms with Crippen molar-refractivity contribution in [2.24, 2.45) is 5.92 Å². The summed E-state index contributed by atoms with van der Waals surface area (Å²) in [5.41, 5.74) is 3.94. The summed E-state index contributed by atoms with van der Waals surface area (Å²) in [6, 6.07) is 14.5. The first-order valence-electron chi connectivity index (χ1n) is 12.3. The Hall–Kier alpha value is -3.78. The number of amides is 1. The van der Waals surface area contributed by atoms with E-state index in [1.165, 1.54) is 0 Å². The maximum absolute atomic E-state index is 13.3. The summed E-state index contributed by atoms with van der Waals surface area (Å²) >= 11 is 0. The monoisotopic (exact) mass is 489 g/mol. The summed E-state index contributed by atoms with van der Waals surface area (Å²) in [4.78, 5) is 28.0. The molecule has 36 heavy (non-hydrogen) atoms. The van der Waals surface area contributed by atoms with Crippen molar-refractivity contribution in [2.75, 3.05) is 38.2 Å². The lowest BCUT2D eigenvalue weighted by atomic mass is 9.95. The third-order valence-corrected chi connectivity index (χ3v) is 7.00. The number of Topliss-reactive ketones (excluding diaryl/α,β-unsaturated/α-hetero) is 1. The van der Waals surface area contributed by atoms with Gasteiger partial charge in [0.05, 0.1) is 12.2 Å². The fourth-order valence-electron chi connectivity index (χ4n) is 5.07. The summed E-state index contributed by atoms with van der Waals surface area (Å²) in [6.45, 7) is 6.69. The van der Waals surface area contributed by atoms with E-state index >= 15 is 0 Å².